The van der Waals surface area contributed by atoms with E-state index >= 15 is 0 Å². The molecule has 0 saturated carbocycles. The first-order chi connectivity index (χ1) is 8.60. The van der Waals surface area contributed by atoms with E-state index in [1.54, 1.807) is 11.9 Å². The molecule has 0 spiro atoms. The molecule has 0 amide bonds. The zero-order chi connectivity index (χ0) is 13.5. The van der Waals surface area contributed by atoms with E-state index in [1.165, 1.54) is 14.2 Å². The topological polar surface area (TPSA) is 55.8 Å². The van der Waals surface area contributed by atoms with Crippen LogP contribution in [-0.4, -0.2) is 33.2 Å². The molecule has 0 aliphatic carbocycles. The number of para-hydroxylation sites is 1. The molecule has 5 heteroatoms. The average Bonchev–Trinajstić information content (AvgIpc) is 2.43. The number of esters is 2. The summed E-state index contributed by atoms with van der Waals surface area (Å²) in [6.07, 6.45) is 1.10. The highest BCUT2D eigenvalue weighted by atomic mass is 16.5. The summed E-state index contributed by atoms with van der Waals surface area (Å²) >= 11 is 0. The Labute approximate surface area is 106 Å². The van der Waals surface area contributed by atoms with Crippen molar-refractivity contribution >= 4 is 17.6 Å². The maximum absolute atomic E-state index is 11.6. The van der Waals surface area contributed by atoms with Crippen LogP contribution in [0.5, 0.6) is 0 Å². The van der Waals surface area contributed by atoms with Crippen LogP contribution in [0.25, 0.3) is 0 Å². The fourth-order valence-electron chi connectivity index (χ4n) is 1.36. The van der Waals surface area contributed by atoms with E-state index in [0.29, 0.717) is 0 Å². The van der Waals surface area contributed by atoms with Crippen LogP contribution in [0.15, 0.2) is 42.1 Å². The van der Waals surface area contributed by atoms with Crippen LogP contribution >= 0.6 is 0 Å². The molecule has 0 radical (unpaired) electrons. The lowest BCUT2D eigenvalue weighted by Crippen LogP contribution is -2.25. The SMILES string of the molecule is COC(=O)C=C(C(=O)OC)N(C)c1ccccc1. The first kappa shape index (κ1) is 13.8. The van der Waals surface area contributed by atoms with E-state index in [-0.39, 0.29) is 5.70 Å². The number of benzene rings is 1. The third-order valence-electron chi connectivity index (χ3n) is 2.36. The lowest BCUT2D eigenvalue weighted by Gasteiger charge is -2.20. The van der Waals surface area contributed by atoms with Crippen LogP contribution in [0.3, 0.4) is 0 Å². The van der Waals surface area contributed by atoms with Crippen molar-refractivity contribution in [3.63, 3.8) is 0 Å². The largest absolute Gasteiger partial charge is 0.466 e. The van der Waals surface area contributed by atoms with Crippen LogP contribution < -0.4 is 4.90 Å². The number of carbonyl (C=O) groups excluding carboxylic acids is 2. The summed E-state index contributed by atoms with van der Waals surface area (Å²) in [5.74, 6) is -1.22. The molecule has 0 unspecified atom stereocenters. The lowest BCUT2D eigenvalue weighted by molar-refractivity contribution is -0.138. The van der Waals surface area contributed by atoms with Crippen molar-refractivity contribution < 1.29 is 19.1 Å². The van der Waals surface area contributed by atoms with Crippen molar-refractivity contribution in [1.82, 2.24) is 0 Å². The predicted octanol–water partition coefficient (Wildman–Crippen LogP) is 1.35. The number of ether oxygens (including phenoxy) is 2. The summed E-state index contributed by atoms with van der Waals surface area (Å²) < 4.78 is 9.16. The summed E-state index contributed by atoms with van der Waals surface area (Å²) in [5.41, 5.74) is 0.869. The van der Waals surface area contributed by atoms with Gasteiger partial charge >= 0.3 is 11.9 Å². The van der Waals surface area contributed by atoms with E-state index in [1.807, 2.05) is 30.3 Å². The minimum atomic E-state index is -0.613. The maximum Gasteiger partial charge on any atom is 0.354 e. The third kappa shape index (κ3) is 3.35. The molecule has 0 aromatic heterocycles. The Balaban J connectivity index is 3.08. The monoisotopic (exact) mass is 249 g/mol. The van der Waals surface area contributed by atoms with Crippen molar-refractivity contribution in [2.24, 2.45) is 0 Å². The molecule has 0 bridgehead atoms. The summed E-state index contributed by atoms with van der Waals surface area (Å²) in [4.78, 5) is 24.4. The van der Waals surface area contributed by atoms with Crippen molar-refractivity contribution in [3.05, 3.63) is 42.1 Å². The Morgan fingerprint density at radius 2 is 1.72 bits per heavy atom. The van der Waals surface area contributed by atoms with Gasteiger partial charge in [0.05, 0.1) is 20.3 Å². The summed E-state index contributed by atoms with van der Waals surface area (Å²) in [6, 6.07) is 9.15. The van der Waals surface area contributed by atoms with E-state index in [0.717, 1.165) is 11.8 Å². The number of hydrogen-bond donors (Lipinski definition) is 0. The molecule has 1 aromatic rings. The van der Waals surface area contributed by atoms with E-state index in [4.69, 9.17) is 0 Å². The van der Waals surface area contributed by atoms with Gasteiger partial charge in [-0.05, 0) is 12.1 Å². The normalized spacial score (nSPS) is 10.7. The van der Waals surface area contributed by atoms with Gasteiger partial charge in [-0.15, -0.1) is 0 Å². The van der Waals surface area contributed by atoms with Crippen LogP contribution in [0.1, 0.15) is 0 Å². The van der Waals surface area contributed by atoms with Crippen molar-refractivity contribution in [2.75, 3.05) is 26.2 Å². The molecule has 18 heavy (non-hydrogen) atoms. The number of carbonyl (C=O) groups is 2. The molecule has 5 nitrogen and oxygen atoms in total. The van der Waals surface area contributed by atoms with Gasteiger partial charge in [0.1, 0.15) is 5.70 Å². The van der Waals surface area contributed by atoms with Crippen molar-refractivity contribution in [2.45, 2.75) is 0 Å². The molecule has 0 N–H and O–H groups in total. The number of methoxy groups -OCH3 is 2. The fourth-order valence-corrected chi connectivity index (χ4v) is 1.36. The highest BCUT2D eigenvalue weighted by Crippen LogP contribution is 2.17. The third-order valence-corrected chi connectivity index (χ3v) is 2.36. The van der Waals surface area contributed by atoms with Gasteiger partial charge < -0.3 is 14.4 Å². The Morgan fingerprint density at radius 3 is 2.22 bits per heavy atom. The Kier molecular flexibility index (Phi) is 4.92. The van der Waals surface area contributed by atoms with Gasteiger partial charge in [0.15, 0.2) is 0 Å². The molecule has 0 aliphatic rings. The minimum Gasteiger partial charge on any atom is -0.466 e. The second-order valence-electron chi connectivity index (χ2n) is 3.44. The van der Waals surface area contributed by atoms with E-state index < -0.39 is 11.9 Å². The molecule has 0 heterocycles. The molecule has 1 rings (SSSR count). The highest BCUT2D eigenvalue weighted by molar-refractivity contribution is 5.99. The molecule has 0 saturated heterocycles. The number of rotatable bonds is 4. The van der Waals surface area contributed by atoms with Gasteiger partial charge in [0.25, 0.3) is 0 Å². The summed E-state index contributed by atoms with van der Waals surface area (Å²) in [5, 5.41) is 0. The number of anilines is 1. The Bertz CT molecular complexity index is 453. The minimum absolute atomic E-state index is 0.107. The second kappa shape index (κ2) is 6.44. The first-order valence-corrected chi connectivity index (χ1v) is 5.27. The molecular formula is C13H15NO4. The van der Waals surface area contributed by atoms with Gasteiger partial charge in [-0.2, -0.15) is 0 Å². The van der Waals surface area contributed by atoms with E-state index in [2.05, 4.69) is 9.47 Å². The number of hydrogen-bond acceptors (Lipinski definition) is 5. The lowest BCUT2D eigenvalue weighted by atomic mass is 10.2. The number of nitrogens with zero attached hydrogens (tertiary/aromatic N) is 1. The fraction of sp³-hybridized carbons (Fsp3) is 0.231. The Morgan fingerprint density at radius 1 is 1.11 bits per heavy atom. The maximum atomic E-state index is 11.6. The zero-order valence-electron chi connectivity index (χ0n) is 10.5. The zero-order valence-corrected chi connectivity index (χ0v) is 10.5. The van der Waals surface area contributed by atoms with Crippen LogP contribution in [0.4, 0.5) is 5.69 Å². The van der Waals surface area contributed by atoms with Gasteiger partial charge in [0, 0.05) is 12.7 Å². The first-order valence-electron chi connectivity index (χ1n) is 5.27. The molecular weight excluding hydrogens is 234 g/mol. The highest BCUT2D eigenvalue weighted by Gasteiger charge is 2.18. The smallest absolute Gasteiger partial charge is 0.354 e. The summed E-state index contributed by atoms with van der Waals surface area (Å²) in [7, 11) is 4.17. The molecule has 0 aliphatic heterocycles. The van der Waals surface area contributed by atoms with Crippen LogP contribution in [-0.2, 0) is 19.1 Å². The van der Waals surface area contributed by atoms with Crippen LogP contribution in [0.2, 0.25) is 0 Å². The average molecular weight is 249 g/mol. The molecule has 0 atom stereocenters. The van der Waals surface area contributed by atoms with Gasteiger partial charge in [-0.3, -0.25) is 0 Å². The van der Waals surface area contributed by atoms with Crippen LogP contribution in [0, 0.1) is 0 Å². The molecule has 0 fully saturated rings. The standard InChI is InChI=1S/C13H15NO4/c1-14(10-7-5-4-6-8-10)11(13(16)18-3)9-12(15)17-2/h4-9H,1-3H3. The summed E-state index contributed by atoms with van der Waals surface area (Å²) in [6.45, 7) is 0. The van der Waals surface area contributed by atoms with E-state index in [9.17, 15) is 9.59 Å². The number of likely N-dealkylation sites (N-methyl/N-ethyl adjacent to an activating group) is 1. The Hall–Kier alpha value is -2.30. The van der Waals surface area contributed by atoms with Gasteiger partial charge in [-0.25, -0.2) is 9.59 Å². The van der Waals surface area contributed by atoms with Crippen molar-refractivity contribution in [3.8, 4) is 0 Å². The quantitative estimate of drug-likeness (QED) is 0.595. The second-order valence-corrected chi connectivity index (χ2v) is 3.44. The van der Waals surface area contributed by atoms with Crippen molar-refractivity contribution in [1.29, 1.82) is 0 Å². The van der Waals surface area contributed by atoms with Gasteiger partial charge in [0.2, 0.25) is 0 Å². The predicted molar refractivity (Wildman–Crippen MR) is 67.0 cm³/mol. The molecule has 96 valence electrons. The molecule has 1 aromatic carbocycles. The van der Waals surface area contributed by atoms with Gasteiger partial charge in [-0.1, -0.05) is 18.2 Å².